The lowest BCUT2D eigenvalue weighted by molar-refractivity contribution is 0.103. The summed E-state index contributed by atoms with van der Waals surface area (Å²) in [6, 6.07) is 1.95. The van der Waals surface area contributed by atoms with Gasteiger partial charge < -0.3 is 0 Å². The van der Waals surface area contributed by atoms with Gasteiger partial charge in [0.05, 0.1) is 10.6 Å². The molecule has 1 amide bonds. The summed E-state index contributed by atoms with van der Waals surface area (Å²) in [5, 5.41) is 3.71. The third-order valence-electron chi connectivity index (χ3n) is 3.71. The fourth-order valence-electron chi connectivity index (χ4n) is 2.43. The minimum Gasteiger partial charge on any atom is -0.297 e. The van der Waals surface area contributed by atoms with Gasteiger partial charge in [0, 0.05) is 9.75 Å². The van der Waals surface area contributed by atoms with E-state index >= 15 is 0 Å². The number of fused-ring (bicyclic) bond motifs is 1. The number of carbonyl (C=O) groups is 1. The van der Waals surface area contributed by atoms with Gasteiger partial charge in [0.15, 0.2) is 5.13 Å². The molecule has 1 N–H and O–H groups in total. The fraction of sp³-hybridized carbons (Fsp3) is 0.467. The molecule has 1 aliphatic carbocycles. The van der Waals surface area contributed by atoms with Gasteiger partial charge >= 0.3 is 0 Å². The number of nitrogens with one attached hydrogen (secondary N) is 1. The molecule has 0 aliphatic heterocycles. The maximum Gasteiger partial charge on any atom is 0.267 e. The van der Waals surface area contributed by atoms with Gasteiger partial charge in [-0.3, -0.25) is 10.1 Å². The SMILES string of the molecule is Cc1cc(C(=O)Nc2nc3c(s2)CCCCC3)sc1C. The number of carbonyl (C=O) groups excluding carboxylic acids is 1. The molecule has 0 aromatic carbocycles. The van der Waals surface area contributed by atoms with E-state index in [0.29, 0.717) is 0 Å². The first kappa shape index (κ1) is 13.8. The van der Waals surface area contributed by atoms with E-state index < -0.39 is 0 Å². The van der Waals surface area contributed by atoms with Crippen LogP contribution in [0.5, 0.6) is 0 Å². The van der Waals surface area contributed by atoms with Gasteiger partial charge in [-0.05, 0) is 51.2 Å². The Morgan fingerprint density at radius 2 is 2.00 bits per heavy atom. The Labute approximate surface area is 127 Å². The molecular formula is C15H18N2OS2. The predicted molar refractivity (Wildman–Crippen MR) is 85.1 cm³/mol. The van der Waals surface area contributed by atoms with Crippen molar-refractivity contribution in [2.75, 3.05) is 5.32 Å². The van der Waals surface area contributed by atoms with E-state index in [1.165, 1.54) is 40.3 Å². The van der Waals surface area contributed by atoms with Crippen LogP contribution in [0.4, 0.5) is 5.13 Å². The molecule has 3 nitrogen and oxygen atoms in total. The average Bonchev–Trinajstić information content (AvgIpc) is 2.87. The van der Waals surface area contributed by atoms with Crippen LogP contribution in [0.3, 0.4) is 0 Å². The minimum atomic E-state index is -0.0323. The van der Waals surface area contributed by atoms with Crippen LogP contribution in [-0.2, 0) is 12.8 Å². The molecular weight excluding hydrogens is 288 g/mol. The highest BCUT2D eigenvalue weighted by atomic mass is 32.1. The van der Waals surface area contributed by atoms with Crippen LogP contribution in [0, 0.1) is 13.8 Å². The Morgan fingerprint density at radius 3 is 2.75 bits per heavy atom. The Morgan fingerprint density at radius 1 is 1.20 bits per heavy atom. The molecule has 20 heavy (non-hydrogen) atoms. The summed E-state index contributed by atoms with van der Waals surface area (Å²) in [5.41, 5.74) is 2.37. The second-order valence-electron chi connectivity index (χ2n) is 5.25. The van der Waals surface area contributed by atoms with E-state index in [9.17, 15) is 4.79 Å². The minimum absolute atomic E-state index is 0.0323. The van der Waals surface area contributed by atoms with Crippen LogP contribution in [0.1, 0.15) is 49.9 Å². The van der Waals surface area contributed by atoms with Crippen molar-refractivity contribution in [3.63, 3.8) is 0 Å². The second-order valence-corrected chi connectivity index (χ2v) is 7.59. The maximum atomic E-state index is 12.2. The highest BCUT2D eigenvalue weighted by Gasteiger charge is 2.17. The third-order valence-corrected chi connectivity index (χ3v) is 5.93. The highest BCUT2D eigenvalue weighted by Crippen LogP contribution is 2.29. The van der Waals surface area contributed by atoms with Crippen LogP contribution in [0.2, 0.25) is 0 Å². The average molecular weight is 306 g/mol. The molecule has 0 saturated heterocycles. The number of hydrogen-bond donors (Lipinski definition) is 1. The second kappa shape index (κ2) is 5.66. The van der Waals surface area contributed by atoms with E-state index in [1.54, 1.807) is 22.7 Å². The number of rotatable bonds is 2. The van der Waals surface area contributed by atoms with Crippen molar-refractivity contribution in [2.24, 2.45) is 0 Å². The van der Waals surface area contributed by atoms with Gasteiger partial charge in [0.2, 0.25) is 0 Å². The maximum absolute atomic E-state index is 12.2. The predicted octanol–water partition coefficient (Wildman–Crippen LogP) is 4.34. The largest absolute Gasteiger partial charge is 0.297 e. The van der Waals surface area contributed by atoms with E-state index in [2.05, 4.69) is 10.3 Å². The van der Waals surface area contributed by atoms with Gasteiger partial charge in [-0.15, -0.1) is 22.7 Å². The summed E-state index contributed by atoms with van der Waals surface area (Å²) < 4.78 is 0. The van der Waals surface area contributed by atoms with Gasteiger partial charge in [0.25, 0.3) is 5.91 Å². The smallest absolute Gasteiger partial charge is 0.267 e. The van der Waals surface area contributed by atoms with Gasteiger partial charge in [-0.1, -0.05) is 6.42 Å². The summed E-state index contributed by atoms with van der Waals surface area (Å²) in [5.74, 6) is -0.0323. The number of anilines is 1. The molecule has 3 rings (SSSR count). The molecule has 0 saturated carbocycles. The number of aromatic nitrogens is 1. The molecule has 0 spiro atoms. The molecule has 2 heterocycles. The molecule has 106 valence electrons. The summed E-state index contributed by atoms with van der Waals surface area (Å²) in [6.45, 7) is 4.08. The van der Waals surface area contributed by atoms with E-state index in [-0.39, 0.29) is 5.91 Å². The molecule has 2 aromatic heterocycles. The molecule has 5 heteroatoms. The Bertz CT molecular complexity index is 599. The van der Waals surface area contributed by atoms with E-state index in [4.69, 9.17) is 0 Å². The van der Waals surface area contributed by atoms with Crippen LogP contribution >= 0.6 is 22.7 Å². The zero-order valence-electron chi connectivity index (χ0n) is 11.8. The topological polar surface area (TPSA) is 42.0 Å². The fourth-order valence-corrected chi connectivity index (χ4v) is 4.40. The normalized spacial score (nSPS) is 14.7. The first-order chi connectivity index (χ1) is 9.63. The van der Waals surface area contributed by atoms with Crippen LogP contribution in [0.25, 0.3) is 0 Å². The van der Waals surface area contributed by atoms with Crippen molar-refractivity contribution in [1.29, 1.82) is 0 Å². The van der Waals surface area contributed by atoms with Crippen molar-refractivity contribution < 1.29 is 4.79 Å². The van der Waals surface area contributed by atoms with Crippen molar-refractivity contribution >= 4 is 33.7 Å². The molecule has 0 atom stereocenters. The van der Waals surface area contributed by atoms with E-state index in [1.807, 2.05) is 19.9 Å². The first-order valence-electron chi connectivity index (χ1n) is 7.00. The summed E-state index contributed by atoms with van der Waals surface area (Å²) >= 11 is 3.19. The highest BCUT2D eigenvalue weighted by molar-refractivity contribution is 7.16. The van der Waals surface area contributed by atoms with Crippen molar-refractivity contribution in [2.45, 2.75) is 46.0 Å². The molecule has 0 fully saturated rings. The zero-order valence-corrected chi connectivity index (χ0v) is 13.4. The number of thiophene rings is 1. The quantitative estimate of drug-likeness (QED) is 0.838. The first-order valence-corrected chi connectivity index (χ1v) is 8.64. The van der Waals surface area contributed by atoms with Crippen molar-refractivity contribution in [3.05, 3.63) is 32.0 Å². The number of thiazole rings is 1. The van der Waals surface area contributed by atoms with E-state index in [0.717, 1.165) is 22.9 Å². The van der Waals surface area contributed by atoms with Crippen LogP contribution in [-0.4, -0.2) is 10.9 Å². The third kappa shape index (κ3) is 2.79. The molecule has 0 bridgehead atoms. The lowest BCUT2D eigenvalue weighted by atomic mass is 10.2. The van der Waals surface area contributed by atoms with Crippen LogP contribution < -0.4 is 5.32 Å². The molecule has 1 aliphatic rings. The van der Waals surface area contributed by atoms with Crippen molar-refractivity contribution in [1.82, 2.24) is 4.98 Å². The summed E-state index contributed by atoms with van der Waals surface area (Å²) in [7, 11) is 0. The zero-order chi connectivity index (χ0) is 14.1. The number of nitrogens with zero attached hydrogens (tertiary/aromatic N) is 1. The summed E-state index contributed by atoms with van der Waals surface area (Å²) in [6.07, 6.45) is 5.91. The van der Waals surface area contributed by atoms with Gasteiger partial charge in [-0.25, -0.2) is 4.98 Å². The molecule has 0 unspecified atom stereocenters. The van der Waals surface area contributed by atoms with Gasteiger partial charge in [0.1, 0.15) is 0 Å². The standard InChI is InChI=1S/C15H18N2OS2/c1-9-8-13(19-10(9)2)14(18)17-15-16-11-6-4-3-5-7-12(11)20-15/h8H,3-7H2,1-2H3,(H,16,17,18). The lowest BCUT2D eigenvalue weighted by Crippen LogP contribution is -2.09. The Hall–Kier alpha value is -1.20. The van der Waals surface area contributed by atoms with Crippen LogP contribution in [0.15, 0.2) is 6.07 Å². The monoisotopic (exact) mass is 306 g/mol. The molecule has 2 aromatic rings. The number of hydrogen-bond acceptors (Lipinski definition) is 4. The Kier molecular flexibility index (Phi) is 3.89. The molecule has 0 radical (unpaired) electrons. The van der Waals surface area contributed by atoms with Crippen molar-refractivity contribution in [3.8, 4) is 0 Å². The summed E-state index contributed by atoms with van der Waals surface area (Å²) in [4.78, 5) is 20.1. The van der Waals surface area contributed by atoms with Gasteiger partial charge in [-0.2, -0.15) is 0 Å². The number of amides is 1. The Balaban J connectivity index is 1.76. The number of aryl methyl sites for hydroxylation is 4. The lowest BCUT2D eigenvalue weighted by Gasteiger charge is -1.98.